The predicted molar refractivity (Wildman–Crippen MR) is 98.5 cm³/mol. The molecule has 0 fully saturated rings. The van der Waals surface area contributed by atoms with Gasteiger partial charge in [-0.2, -0.15) is 4.57 Å². The lowest BCUT2D eigenvalue weighted by atomic mass is 9.85. The number of hydrogen-bond donors (Lipinski definition) is 0. The fourth-order valence-electron chi connectivity index (χ4n) is 3.41. The van der Waals surface area contributed by atoms with Crippen molar-refractivity contribution in [2.45, 2.75) is 34.1 Å². The lowest BCUT2D eigenvalue weighted by molar-refractivity contribution is -0.634. The van der Waals surface area contributed by atoms with Crippen LogP contribution in [-0.4, -0.2) is 0 Å². The molecule has 0 aliphatic carbocycles. The average molecular weight is 304 g/mol. The topological polar surface area (TPSA) is 3.88 Å². The van der Waals surface area contributed by atoms with Crippen LogP contribution in [0.1, 0.15) is 31.9 Å². The van der Waals surface area contributed by atoms with Crippen LogP contribution in [0.25, 0.3) is 22.2 Å². The second kappa shape index (κ2) is 5.81. The van der Waals surface area contributed by atoms with E-state index in [-0.39, 0.29) is 5.41 Å². The van der Waals surface area contributed by atoms with Crippen molar-refractivity contribution in [1.29, 1.82) is 0 Å². The van der Waals surface area contributed by atoms with E-state index in [1.54, 1.807) is 0 Å². The van der Waals surface area contributed by atoms with Gasteiger partial charge in [-0.15, -0.1) is 0 Å². The Morgan fingerprint density at radius 3 is 2.26 bits per heavy atom. The molecule has 1 aromatic heterocycles. The second-order valence-corrected chi connectivity index (χ2v) is 7.69. The minimum atomic E-state index is 0.257. The molecule has 0 N–H and O–H groups in total. The van der Waals surface area contributed by atoms with Gasteiger partial charge in [0.25, 0.3) is 0 Å². The van der Waals surface area contributed by atoms with Crippen molar-refractivity contribution in [2.24, 2.45) is 12.5 Å². The van der Waals surface area contributed by atoms with E-state index in [1.807, 2.05) is 0 Å². The maximum Gasteiger partial charge on any atom is 0.216 e. The van der Waals surface area contributed by atoms with Crippen LogP contribution in [0.4, 0.5) is 0 Å². The van der Waals surface area contributed by atoms with Crippen LogP contribution < -0.4 is 4.57 Å². The lowest BCUT2D eigenvalue weighted by Gasteiger charge is -2.20. The third-order valence-corrected chi connectivity index (χ3v) is 4.39. The van der Waals surface area contributed by atoms with Gasteiger partial charge in [0, 0.05) is 22.6 Å². The molecule has 0 bridgehead atoms. The monoisotopic (exact) mass is 304 g/mol. The van der Waals surface area contributed by atoms with E-state index < -0.39 is 0 Å². The van der Waals surface area contributed by atoms with Gasteiger partial charge in [-0.25, -0.2) is 0 Å². The standard InChI is InChI=1S/C22H26N/c1-16-10-6-8-12-19(16)21-18(15-22(2,3)4)14-17-11-7-9-13-20(17)23(21)5/h6-14H,15H2,1-5H3/q+1. The van der Waals surface area contributed by atoms with Gasteiger partial charge >= 0.3 is 0 Å². The van der Waals surface area contributed by atoms with Gasteiger partial charge in [-0.3, -0.25) is 0 Å². The molecule has 0 saturated heterocycles. The fraction of sp³-hybridized carbons (Fsp3) is 0.318. The summed E-state index contributed by atoms with van der Waals surface area (Å²) in [6.45, 7) is 9.13. The molecule has 1 heterocycles. The van der Waals surface area contributed by atoms with Gasteiger partial charge in [0.15, 0.2) is 0 Å². The normalized spacial score (nSPS) is 11.9. The zero-order valence-corrected chi connectivity index (χ0v) is 14.9. The summed E-state index contributed by atoms with van der Waals surface area (Å²) in [6, 6.07) is 19.7. The van der Waals surface area contributed by atoms with Crippen molar-refractivity contribution in [3.05, 3.63) is 65.7 Å². The maximum atomic E-state index is 2.38. The molecule has 0 aliphatic heterocycles. The average Bonchev–Trinajstić information content (AvgIpc) is 2.47. The van der Waals surface area contributed by atoms with E-state index in [0.29, 0.717) is 0 Å². The number of rotatable bonds is 2. The van der Waals surface area contributed by atoms with Gasteiger partial charge in [-0.1, -0.05) is 51.1 Å². The number of pyridine rings is 1. The number of para-hydroxylation sites is 1. The Bertz CT molecular complexity index is 853. The van der Waals surface area contributed by atoms with Crippen molar-refractivity contribution < 1.29 is 4.57 Å². The molecule has 2 aromatic carbocycles. The van der Waals surface area contributed by atoms with Crippen LogP contribution in [0.2, 0.25) is 0 Å². The number of hydrogen-bond acceptors (Lipinski definition) is 0. The first-order valence-corrected chi connectivity index (χ1v) is 8.33. The molecule has 23 heavy (non-hydrogen) atoms. The Morgan fingerprint density at radius 1 is 0.913 bits per heavy atom. The summed E-state index contributed by atoms with van der Waals surface area (Å²) in [6.07, 6.45) is 1.06. The summed E-state index contributed by atoms with van der Waals surface area (Å²) < 4.78 is 2.36. The molecule has 3 aromatic rings. The van der Waals surface area contributed by atoms with Crippen LogP contribution in [0.15, 0.2) is 54.6 Å². The lowest BCUT2D eigenvalue weighted by Crippen LogP contribution is -2.34. The molecule has 0 atom stereocenters. The molecule has 0 saturated carbocycles. The van der Waals surface area contributed by atoms with Crippen molar-refractivity contribution in [1.82, 2.24) is 0 Å². The molecule has 0 aliphatic rings. The third kappa shape index (κ3) is 3.14. The molecule has 3 rings (SSSR count). The quantitative estimate of drug-likeness (QED) is 0.571. The van der Waals surface area contributed by atoms with Crippen LogP contribution >= 0.6 is 0 Å². The maximum absolute atomic E-state index is 2.38. The van der Waals surface area contributed by atoms with E-state index in [9.17, 15) is 0 Å². The first kappa shape index (κ1) is 15.7. The second-order valence-electron chi connectivity index (χ2n) is 7.69. The predicted octanol–water partition coefficient (Wildman–Crippen LogP) is 5.23. The van der Waals surface area contributed by atoms with Crippen molar-refractivity contribution in [2.75, 3.05) is 0 Å². The highest BCUT2D eigenvalue weighted by Crippen LogP contribution is 2.31. The fourth-order valence-corrected chi connectivity index (χ4v) is 3.41. The van der Waals surface area contributed by atoms with Crippen LogP contribution in [0.3, 0.4) is 0 Å². The molecule has 1 nitrogen and oxygen atoms in total. The third-order valence-electron chi connectivity index (χ3n) is 4.39. The molecule has 118 valence electrons. The summed E-state index contributed by atoms with van der Waals surface area (Å²) >= 11 is 0. The number of nitrogens with zero attached hydrogens (tertiary/aromatic N) is 1. The van der Waals surface area contributed by atoms with E-state index in [1.165, 1.54) is 33.3 Å². The van der Waals surface area contributed by atoms with E-state index in [0.717, 1.165) is 6.42 Å². The summed E-state index contributed by atoms with van der Waals surface area (Å²) in [7, 11) is 2.19. The molecular formula is C22H26N+. The highest BCUT2D eigenvalue weighted by molar-refractivity contribution is 5.79. The Labute approximate surface area is 139 Å². The van der Waals surface area contributed by atoms with Crippen molar-refractivity contribution in [3.63, 3.8) is 0 Å². The van der Waals surface area contributed by atoms with E-state index >= 15 is 0 Å². The summed E-state index contributed by atoms with van der Waals surface area (Å²) in [4.78, 5) is 0. The zero-order valence-electron chi connectivity index (χ0n) is 14.9. The van der Waals surface area contributed by atoms with Gasteiger partial charge in [0.1, 0.15) is 7.05 Å². The van der Waals surface area contributed by atoms with E-state index in [4.69, 9.17) is 0 Å². The minimum absolute atomic E-state index is 0.257. The summed E-state index contributed by atoms with van der Waals surface area (Å²) in [5.41, 5.74) is 6.97. The van der Waals surface area contributed by atoms with Crippen LogP contribution in [0, 0.1) is 12.3 Å². The first-order chi connectivity index (χ1) is 10.9. The largest absolute Gasteiger partial charge is 0.216 e. The molecule has 0 amide bonds. The zero-order chi connectivity index (χ0) is 16.6. The van der Waals surface area contributed by atoms with Crippen molar-refractivity contribution in [3.8, 4) is 11.3 Å². The first-order valence-electron chi connectivity index (χ1n) is 8.33. The van der Waals surface area contributed by atoms with Crippen LogP contribution in [0.5, 0.6) is 0 Å². The van der Waals surface area contributed by atoms with Gasteiger partial charge < -0.3 is 0 Å². The SMILES string of the molecule is Cc1ccccc1-c1c(CC(C)(C)C)cc2ccccc2[n+]1C. The molecule has 1 heteroatoms. The van der Waals surface area contributed by atoms with E-state index in [2.05, 4.69) is 93.9 Å². The number of aromatic nitrogens is 1. The minimum Gasteiger partial charge on any atom is -0.194 e. The Kier molecular flexibility index (Phi) is 3.97. The Balaban J connectivity index is 2.35. The van der Waals surface area contributed by atoms with Gasteiger partial charge in [0.2, 0.25) is 11.2 Å². The Hall–Kier alpha value is -2.15. The number of benzene rings is 2. The van der Waals surface area contributed by atoms with Crippen LogP contribution in [-0.2, 0) is 13.5 Å². The highest BCUT2D eigenvalue weighted by Gasteiger charge is 2.24. The van der Waals surface area contributed by atoms with Crippen molar-refractivity contribution >= 4 is 10.9 Å². The summed E-state index contributed by atoms with van der Waals surface area (Å²) in [5.74, 6) is 0. The van der Waals surface area contributed by atoms with Gasteiger partial charge in [0.05, 0.1) is 0 Å². The molecule has 0 unspecified atom stereocenters. The smallest absolute Gasteiger partial charge is 0.194 e. The summed E-state index contributed by atoms with van der Waals surface area (Å²) in [5, 5.41) is 1.31. The molecule has 0 spiro atoms. The number of aryl methyl sites for hydroxylation is 2. The molecule has 0 radical (unpaired) electrons. The number of fused-ring (bicyclic) bond motifs is 1. The Morgan fingerprint density at radius 2 is 1.57 bits per heavy atom. The van der Waals surface area contributed by atoms with Gasteiger partial charge in [-0.05, 0) is 42.5 Å². The highest BCUT2D eigenvalue weighted by atomic mass is 14.9. The molecular weight excluding hydrogens is 278 g/mol.